The summed E-state index contributed by atoms with van der Waals surface area (Å²) in [5, 5.41) is 0. The second kappa shape index (κ2) is 4.47. The molecule has 4 heteroatoms. The first-order chi connectivity index (χ1) is 8.16. The molecule has 1 aromatic rings. The highest BCUT2D eigenvalue weighted by atomic mass is 79.9. The van der Waals surface area contributed by atoms with E-state index in [1.54, 1.807) is 0 Å². The standard InChI is InChI=1S/C13H17BrN2S/c1-7-6-9(7)12-15-11(8-4-2-3-5-8)10(14)13(17)16-12/h7-9H,2-6H2,1H3,(H,15,16,17). The molecule has 0 aliphatic heterocycles. The Labute approximate surface area is 115 Å². The van der Waals surface area contributed by atoms with Crippen molar-refractivity contribution in [1.29, 1.82) is 0 Å². The van der Waals surface area contributed by atoms with Gasteiger partial charge in [-0.1, -0.05) is 32.0 Å². The van der Waals surface area contributed by atoms with Crippen LogP contribution in [0.5, 0.6) is 0 Å². The molecule has 1 aromatic heterocycles. The highest BCUT2D eigenvalue weighted by molar-refractivity contribution is 9.10. The number of aromatic nitrogens is 2. The molecular formula is C13H17BrN2S. The number of hydrogen-bond acceptors (Lipinski definition) is 2. The molecule has 17 heavy (non-hydrogen) atoms. The number of halogens is 1. The summed E-state index contributed by atoms with van der Waals surface area (Å²) < 4.78 is 1.76. The quantitative estimate of drug-likeness (QED) is 0.803. The van der Waals surface area contributed by atoms with E-state index in [1.165, 1.54) is 37.8 Å². The van der Waals surface area contributed by atoms with E-state index in [-0.39, 0.29) is 0 Å². The van der Waals surface area contributed by atoms with Gasteiger partial charge in [-0.05, 0) is 41.1 Å². The highest BCUT2D eigenvalue weighted by Gasteiger charge is 2.37. The molecule has 2 nitrogen and oxygen atoms in total. The molecular weight excluding hydrogens is 296 g/mol. The number of hydrogen-bond donors (Lipinski definition) is 1. The van der Waals surface area contributed by atoms with Crippen LogP contribution in [0, 0.1) is 10.6 Å². The minimum atomic E-state index is 0.616. The van der Waals surface area contributed by atoms with Gasteiger partial charge in [0.25, 0.3) is 0 Å². The van der Waals surface area contributed by atoms with Crippen LogP contribution in [0.2, 0.25) is 0 Å². The zero-order valence-corrected chi connectivity index (χ0v) is 12.4. The van der Waals surface area contributed by atoms with Gasteiger partial charge in [0.15, 0.2) is 0 Å². The topological polar surface area (TPSA) is 28.7 Å². The van der Waals surface area contributed by atoms with E-state index in [4.69, 9.17) is 12.2 Å². The smallest absolute Gasteiger partial charge is 0.144 e. The van der Waals surface area contributed by atoms with Gasteiger partial charge in [-0.3, -0.25) is 0 Å². The maximum Gasteiger partial charge on any atom is 0.144 e. The molecule has 0 bridgehead atoms. The van der Waals surface area contributed by atoms with Crippen molar-refractivity contribution in [2.75, 3.05) is 0 Å². The van der Waals surface area contributed by atoms with Crippen molar-refractivity contribution in [3.05, 3.63) is 20.6 Å². The number of rotatable bonds is 2. The van der Waals surface area contributed by atoms with Gasteiger partial charge < -0.3 is 4.98 Å². The van der Waals surface area contributed by atoms with Crippen molar-refractivity contribution in [2.45, 2.75) is 50.9 Å². The van der Waals surface area contributed by atoms with Crippen molar-refractivity contribution in [2.24, 2.45) is 5.92 Å². The lowest BCUT2D eigenvalue weighted by Crippen LogP contribution is -2.04. The molecule has 0 saturated heterocycles. The maximum atomic E-state index is 5.37. The third-order valence-electron chi connectivity index (χ3n) is 4.13. The van der Waals surface area contributed by atoms with E-state index in [2.05, 4.69) is 32.8 Å². The number of H-pyrrole nitrogens is 1. The zero-order chi connectivity index (χ0) is 12.0. The first kappa shape index (κ1) is 11.8. The van der Waals surface area contributed by atoms with Gasteiger partial charge >= 0.3 is 0 Å². The molecule has 1 heterocycles. The molecule has 2 saturated carbocycles. The third-order valence-corrected chi connectivity index (χ3v) is 5.49. The molecule has 3 rings (SSSR count). The van der Waals surface area contributed by atoms with Crippen molar-refractivity contribution < 1.29 is 0 Å². The molecule has 2 aliphatic rings. The first-order valence-corrected chi connectivity index (χ1v) is 7.66. The lowest BCUT2D eigenvalue weighted by molar-refractivity contribution is 0.673. The van der Waals surface area contributed by atoms with E-state index in [9.17, 15) is 0 Å². The summed E-state index contributed by atoms with van der Waals surface area (Å²) in [5.41, 5.74) is 1.30. The fourth-order valence-corrected chi connectivity index (χ4v) is 3.59. The molecule has 92 valence electrons. The average molecular weight is 313 g/mol. The van der Waals surface area contributed by atoms with Crippen LogP contribution in [0.3, 0.4) is 0 Å². The fraction of sp³-hybridized carbons (Fsp3) is 0.692. The van der Waals surface area contributed by atoms with Gasteiger partial charge in [-0.15, -0.1) is 0 Å². The molecule has 2 unspecified atom stereocenters. The predicted octanol–water partition coefficient (Wildman–Crippen LogP) is 4.68. The minimum Gasteiger partial charge on any atom is -0.346 e. The summed E-state index contributed by atoms with van der Waals surface area (Å²) >= 11 is 8.98. The SMILES string of the molecule is CC1CC1c1nc(=S)c(Br)c(C2CCCC2)[nH]1. The van der Waals surface area contributed by atoms with Crippen LogP contribution in [-0.4, -0.2) is 9.97 Å². The molecule has 2 atom stereocenters. The van der Waals surface area contributed by atoms with E-state index in [0.29, 0.717) is 11.8 Å². The van der Waals surface area contributed by atoms with Crippen molar-refractivity contribution >= 4 is 28.1 Å². The normalized spacial score (nSPS) is 28.6. The Morgan fingerprint density at radius 3 is 2.59 bits per heavy atom. The Bertz CT molecular complexity index is 491. The molecule has 0 radical (unpaired) electrons. The summed E-state index contributed by atoms with van der Waals surface area (Å²) in [5.74, 6) is 3.16. The van der Waals surface area contributed by atoms with E-state index in [1.807, 2.05) is 0 Å². The Balaban J connectivity index is 2.00. The van der Waals surface area contributed by atoms with Gasteiger partial charge in [0.05, 0.1) is 4.47 Å². The minimum absolute atomic E-state index is 0.616. The van der Waals surface area contributed by atoms with E-state index >= 15 is 0 Å². The van der Waals surface area contributed by atoms with Gasteiger partial charge in [0.2, 0.25) is 0 Å². The lowest BCUT2D eigenvalue weighted by atomic mass is 10.0. The van der Waals surface area contributed by atoms with Gasteiger partial charge in [0.1, 0.15) is 10.5 Å². The van der Waals surface area contributed by atoms with Crippen LogP contribution < -0.4 is 0 Å². The van der Waals surface area contributed by atoms with Crippen LogP contribution >= 0.6 is 28.1 Å². The second-order valence-corrected chi connectivity index (χ2v) is 6.64. The van der Waals surface area contributed by atoms with Crippen LogP contribution in [0.4, 0.5) is 0 Å². The molecule has 2 aliphatic carbocycles. The molecule has 0 aromatic carbocycles. The molecule has 2 fully saturated rings. The Kier molecular flexibility index (Phi) is 3.11. The number of aromatic amines is 1. The summed E-state index contributed by atoms with van der Waals surface area (Å²) in [7, 11) is 0. The fourth-order valence-electron chi connectivity index (χ4n) is 2.87. The summed E-state index contributed by atoms with van der Waals surface area (Å²) in [6.45, 7) is 2.28. The summed E-state index contributed by atoms with van der Waals surface area (Å²) in [4.78, 5) is 8.09. The monoisotopic (exact) mass is 312 g/mol. The largest absolute Gasteiger partial charge is 0.346 e. The number of nitrogens with one attached hydrogen (secondary N) is 1. The van der Waals surface area contributed by atoms with Gasteiger partial charge in [0, 0.05) is 17.5 Å². The second-order valence-electron chi connectivity index (χ2n) is 5.46. The highest BCUT2D eigenvalue weighted by Crippen LogP contribution is 2.46. The first-order valence-electron chi connectivity index (χ1n) is 6.46. The van der Waals surface area contributed by atoms with E-state index < -0.39 is 0 Å². The summed E-state index contributed by atoms with van der Waals surface area (Å²) in [6.07, 6.45) is 6.51. The predicted molar refractivity (Wildman–Crippen MR) is 74.9 cm³/mol. The van der Waals surface area contributed by atoms with Crippen molar-refractivity contribution in [1.82, 2.24) is 9.97 Å². The van der Waals surface area contributed by atoms with Crippen molar-refractivity contribution in [3.8, 4) is 0 Å². The molecule has 0 spiro atoms. The summed E-state index contributed by atoms with van der Waals surface area (Å²) in [6, 6.07) is 0. The third kappa shape index (κ3) is 2.22. The Morgan fingerprint density at radius 1 is 1.35 bits per heavy atom. The molecule has 0 amide bonds. The van der Waals surface area contributed by atoms with Gasteiger partial charge in [-0.25, -0.2) is 4.98 Å². The van der Waals surface area contributed by atoms with Crippen LogP contribution in [0.25, 0.3) is 0 Å². The van der Waals surface area contributed by atoms with Crippen LogP contribution in [0.15, 0.2) is 4.47 Å². The average Bonchev–Trinajstić information content (AvgIpc) is 2.81. The van der Waals surface area contributed by atoms with Crippen molar-refractivity contribution in [3.63, 3.8) is 0 Å². The van der Waals surface area contributed by atoms with Gasteiger partial charge in [-0.2, -0.15) is 0 Å². The Hall–Kier alpha value is -0.220. The maximum absolute atomic E-state index is 5.37. The lowest BCUT2D eigenvalue weighted by Gasteiger charge is -2.13. The Morgan fingerprint density at radius 2 is 2.00 bits per heavy atom. The molecule has 1 N–H and O–H groups in total. The van der Waals surface area contributed by atoms with Crippen LogP contribution in [0.1, 0.15) is 62.4 Å². The number of nitrogens with zero attached hydrogens (tertiary/aromatic N) is 1. The zero-order valence-electron chi connectivity index (χ0n) is 10.0. The van der Waals surface area contributed by atoms with E-state index in [0.717, 1.165) is 20.9 Å². The van der Waals surface area contributed by atoms with Crippen LogP contribution in [-0.2, 0) is 0 Å².